The largest absolute Gasteiger partial charge is 0.463 e. The molecule has 34 heavy (non-hydrogen) atoms. The van der Waals surface area contributed by atoms with E-state index in [-0.39, 0.29) is 25.1 Å². The van der Waals surface area contributed by atoms with Crippen LogP contribution in [0.5, 0.6) is 0 Å². The van der Waals surface area contributed by atoms with Crippen molar-refractivity contribution < 1.29 is 42.9 Å². The molecule has 0 saturated carbocycles. The molecular weight excluding hydrogens is 499 g/mol. The molecule has 13 nitrogen and oxygen atoms in total. The number of carbonyl (C=O) groups excluding carboxylic acids is 4. The molecule has 1 aromatic heterocycles. The van der Waals surface area contributed by atoms with Crippen molar-refractivity contribution in [3.8, 4) is 0 Å². The lowest BCUT2D eigenvalue weighted by Gasteiger charge is -2.44. The van der Waals surface area contributed by atoms with Gasteiger partial charge in [-0.2, -0.15) is 0 Å². The SMILES string of the molecule is CC(=O)N[C@H]1[C@H](OCn2nnc(CCl)c2CCl)O[C@H](COC(C)=O)[C@@H](OC(C)=O)[C@@H]1OC(C)=O. The summed E-state index contributed by atoms with van der Waals surface area (Å²) in [6.45, 7) is 4.16. The minimum absolute atomic E-state index is 0.0543. The Morgan fingerprint density at radius 2 is 1.65 bits per heavy atom. The highest BCUT2D eigenvalue weighted by Crippen LogP contribution is 2.28. The third kappa shape index (κ3) is 7.52. The molecule has 1 aromatic rings. The molecule has 5 atom stereocenters. The highest BCUT2D eigenvalue weighted by molar-refractivity contribution is 6.18. The van der Waals surface area contributed by atoms with Crippen molar-refractivity contribution in [2.45, 2.75) is 76.8 Å². The molecule has 0 radical (unpaired) electrons. The second-order valence-electron chi connectivity index (χ2n) is 7.27. The van der Waals surface area contributed by atoms with Gasteiger partial charge in [-0.25, -0.2) is 4.68 Å². The van der Waals surface area contributed by atoms with Crippen molar-refractivity contribution in [1.29, 1.82) is 0 Å². The average Bonchev–Trinajstić information content (AvgIpc) is 3.15. The van der Waals surface area contributed by atoms with Gasteiger partial charge < -0.3 is 29.0 Å². The first-order chi connectivity index (χ1) is 16.1. The average molecular weight is 525 g/mol. The molecule has 2 heterocycles. The van der Waals surface area contributed by atoms with Gasteiger partial charge in [0.15, 0.2) is 18.5 Å². The summed E-state index contributed by atoms with van der Waals surface area (Å²) in [6.07, 6.45) is -4.78. The molecule has 1 aliphatic heterocycles. The maximum Gasteiger partial charge on any atom is 0.303 e. The zero-order valence-corrected chi connectivity index (χ0v) is 20.5. The Morgan fingerprint density at radius 3 is 2.18 bits per heavy atom. The summed E-state index contributed by atoms with van der Waals surface area (Å²) in [5.41, 5.74) is 0.970. The number of esters is 3. The van der Waals surface area contributed by atoms with E-state index in [1.54, 1.807) is 0 Å². The molecular formula is C19H26Cl2N4O9. The van der Waals surface area contributed by atoms with Crippen LogP contribution in [0.1, 0.15) is 39.1 Å². The van der Waals surface area contributed by atoms with Crippen LogP contribution in [0.2, 0.25) is 0 Å². The van der Waals surface area contributed by atoms with Crippen molar-refractivity contribution >= 4 is 47.0 Å². The fraction of sp³-hybridized carbons (Fsp3) is 0.684. The number of nitrogens with one attached hydrogen (secondary N) is 1. The normalized spacial score (nSPS) is 24.2. The van der Waals surface area contributed by atoms with E-state index in [0.29, 0.717) is 11.4 Å². The Balaban J connectivity index is 2.39. The fourth-order valence-corrected chi connectivity index (χ4v) is 3.80. The van der Waals surface area contributed by atoms with Crippen molar-refractivity contribution in [1.82, 2.24) is 20.3 Å². The van der Waals surface area contributed by atoms with Gasteiger partial charge >= 0.3 is 17.9 Å². The minimum atomic E-state index is -1.24. The van der Waals surface area contributed by atoms with E-state index >= 15 is 0 Å². The summed E-state index contributed by atoms with van der Waals surface area (Å²) < 4.78 is 28.8. The number of amides is 1. The lowest BCUT2D eigenvalue weighted by atomic mass is 9.96. The van der Waals surface area contributed by atoms with E-state index in [0.717, 1.165) is 13.8 Å². The molecule has 1 aliphatic rings. The van der Waals surface area contributed by atoms with E-state index in [4.69, 9.17) is 46.9 Å². The molecule has 1 fully saturated rings. The number of halogens is 2. The predicted octanol–water partition coefficient (Wildman–Crippen LogP) is 0.386. The van der Waals surface area contributed by atoms with E-state index in [1.165, 1.54) is 18.5 Å². The Morgan fingerprint density at radius 1 is 1.00 bits per heavy atom. The third-order valence-electron chi connectivity index (χ3n) is 4.60. The van der Waals surface area contributed by atoms with Gasteiger partial charge in [0.1, 0.15) is 31.2 Å². The number of nitrogens with zero attached hydrogens (tertiary/aromatic N) is 3. The molecule has 0 aliphatic carbocycles. The summed E-state index contributed by atoms with van der Waals surface area (Å²) >= 11 is 11.8. The van der Waals surface area contributed by atoms with Crippen LogP contribution in [0.4, 0.5) is 0 Å². The van der Waals surface area contributed by atoms with E-state index in [2.05, 4.69) is 15.6 Å². The summed E-state index contributed by atoms with van der Waals surface area (Å²) in [4.78, 5) is 46.9. The minimum Gasteiger partial charge on any atom is -0.463 e. The fourth-order valence-electron chi connectivity index (χ4n) is 3.30. The van der Waals surface area contributed by atoms with Crippen LogP contribution in [0.25, 0.3) is 0 Å². The number of aromatic nitrogens is 3. The maximum atomic E-state index is 11.9. The van der Waals surface area contributed by atoms with Gasteiger partial charge in [-0.05, 0) is 0 Å². The smallest absolute Gasteiger partial charge is 0.303 e. The molecule has 0 aromatic carbocycles. The molecule has 1 amide bonds. The number of rotatable bonds is 10. The van der Waals surface area contributed by atoms with Gasteiger partial charge in [0.2, 0.25) is 5.91 Å². The molecule has 190 valence electrons. The zero-order valence-electron chi connectivity index (χ0n) is 19.0. The summed E-state index contributed by atoms with van der Waals surface area (Å²) in [5.74, 6) is -2.39. The first kappa shape index (κ1) is 27.8. The predicted molar refractivity (Wildman–Crippen MR) is 114 cm³/mol. The standard InChI is InChI=1S/C19H26Cl2N4O9/c1-9(26)22-16-18(33-12(4)29)17(32-11(3)28)15(7-30-10(2)27)34-19(16)31-8-25-14(6-21)13(5-20)23-24-25/h15-19H,5-8H2,1-4H3,(H,22,26)/t15-,16-,17-,18-,19-/m1/s1. The van der Waals surface area contributed by atoms with Crippen molar-refractivity contribution in [2.75, 3.05) is 6.61 Å². The maximum absolute atomic E-state index is 11.9. The van der Waals surface area contributed by atoms with Gasteiger partial charge in [0.25, 0.3) is 0 Å². The van der Waals surface area contributed by atoms with Gasteiger partial charge in [-0.15, -0.1) is 28.3 Å². The van der Waals surface area contributed by atoms with E-state index < -0.39 is 54.5 Å². The van der Waals surface area contributed by atoms with Crippen molar-refractivity contribution in [2.24, 2.45) is 0 Å². The Labute approximate surface area is 205 Å². The first-order valence-corrected chi connectivity index (χ1v) is 11.2. The summed E-state index contributed by atoms with van der Waals surface area (Å²) in [6, 6.07) is -1.10. The van der Waals surface area contributed by atoms with Crippen LogP contribution >= 0.6 is 23.2 Å². The zero-order chi connectivity index (χ0) is 25.4. The van der Waals surface area contributed by atoms with Gasteiger partial charge in [0.05, 0.1) is 17.5 Å². The lowest BCUT2D eigenvalue weighted by molar-refractivity contribution is -0.285. The molecule has 0 unspecified atom stereocenters. The Hall–Kier alpha value is -2.48. The molecule has 15 heteroatoms. The van der Waals surface area contributed by atoms with E-state index in [1.807, 2.05) is 0 Å². The number of ether oxygens (including phenoxy) is 5. The topological polar surface area (TPSA) is 157 Å². The van der Waals surface area contributed by atoms with Crippen LogP contribution in [0.15, 0.2) is 0 Å². The molecule has 1 saturated heterocycles. The number of carbonyl (C=O) groups is 4. The van der Waals surface area contributed by atoms with Crippen LogP contribution in [0.3, 0.4) is 0 Å². The first-order valence-electron chi connectivity index (χ1n) is 10.1. The molecule has 1 N–H and O–H groups in total. The highest BCUT2D eigenvalue weighted by Gasteiger charge is 2.51. The highest BCUT2D eigenvalue weighted by atomic mass is 35.5. The van der Waals surface area contributed by atoms with Gasteiger partial charge in [-0.1, -0.05) is 5.21 Å². The summed E-state index contributed by atoms with van der Waals surface area (Å²) in [5, 5.41) is 10.5. The quantitative estimate of drug-likeness (QED) is 0.256. The number of hydrogen-bond acceptors (Lipinski definition) is 11. The Kier molecular flexibility index (Phi) is 10.5. The third-order valence-corrected chi connectivity index (χ3v) is 5.11. The molecule has 2 rings (SSSR count). The van der Waals surface area contributed by atoms with Crippen LogP contribution in [0, 0.1) is 0 Å². The number of alkyl halides is 2. The molecule has 0 spiro atoms. The lowest BCUT2D eigenvalue weighted by Crippen LogP contribution is -2.66. The second kappa shape index (κ2) is 12.8. The van der Waals surface area contributed by atoms with Gasteiger partial charge in [0, 0.05) is 27.7 Å². The van der Waals surface area contributed by atoms with Crippen molar-refractivity contribution in [3.05, 3.63) is 11.4 Å². The van der Waals surface area contributed by atoms with Crippen LogP contribution in [-0.4, -0.2) is 76.1 Å². The Bertz CT molecular complexity index is 897. The molecule has 0 bridgehead atoms. The van der Waals surface area contributed by atoms with E-state index in [9.17, 15) is 19.2 Å². The summed E-state index contributed by atoms with van der Waals surface area (Å²) in [7, 11) is 0. The monoisotopic (exact) mass is 524 g/mol. The van der Waals surface area contributed by atoms with Crippen LogP contribution in [-0.2, 0) is 61.4 Å². The van der Waals surface area contributed by atoms with Crippen molar-refractivity contribution in [3.63, 3.8) is 0 Å². The van der Waals surface area contributed by atoms with Gasteiger partial charge in [-0.3, -0.25) is 19.2 Å². The second-order valence-corrected chi connectivity index (χ2v) is 7.80. The van der Waals surface area contributed by atoms with Crippen LogP contribution < -0.4 is 5.32 Å². The number of hydrogen-bond donors (Lipinski definition) is 1.